The number of hydrogen-bond donors (Lipinski definition) is 0. The van der Waals surface area contributed by atoms with Crippen LogP contribution in [0.3, 0.4) is 0 Å². The summed E-state index contributed by atoms with van der Waals surface area (Å²) in [6.45, 7) is 2.13. The fraction of sp³-hybridized carbons (Fsp3) is 0.737. The van der Waals surface area contributed by atoms with E-state index in [1.165, 1.54) is 7.11 Å². The number of methoxy groups -OCH3 is 1. The summed E-state index contributed by atoms with van der Waals surface area (Å²) in [5.74, 6) is 0.276. The maximum absolute atomic E-state index is 11.0. The summed E-state index contributed by atoms with van der Waals surface area (Å²) in [6, 6.07) is 0. The van der Waals surface area contributed by atoms with Gasteiger partial charge in [-0.25, -0.2) is 0 Å². The predicted octanol–water partition coefficient (Wildman–Crippen LogP) is 5.51. The molecule has 0 aliphatic carbocycles. The monoisotopic (exact) mass is 355 g/mol. The number of nitrogens with zero attached hydrogens (tertiary/aromatic N) is 1. The maximum Gasteiger partial charge on any atom is 0.305 e. The number of rotatable bonds is 16. The molecule has 0 aromatic rings. The zero-order valence-electron chi connectivity index (χ0n) is 15.7. The lowest BCUT2D eigenvalue weighted by Crippen LogP contribution is -2.00. The molecule has 25 heavy (non-hydrogen) atoms. The summed E-state index contributed by atoms with van der Waals surface area (Å²) in [6.07, 6.45) is 17.1. The van der Waals surface area contributed by atoms with Crippen LogP contribution in [0.2, 0.25) is 0 Å². The van der Waals surface area contributed by atoms with E-state index in [9.17, 15) is 14.9 Å². The molecule has 0 N–H and O–H groups in total. The molecule has 0 aliphatic heterocycles. The number of carbonyl (C=O) groups excluding carboxylic acids is 1. The molecule has 0 fully saturated rings. The van der Waals surface area contributed by atoms with Crippen molar-refractivity contribution in [1.82, 2.24) is 0 Å². The molecule has 144 valence electrons. The molecule has 0 spiro atoms. The molecule has 0 rings (SSSR count). The molecule has 0 saturated heterocycles. The van der Waals surface area contributed by atoms with E-state index in [-0.39, 0.29) is 5.97 Å². The maximum atomic E-state index is 11.0. The molecule has 0 aromatic heterocycles. The van der Waals surface area contributed by atoms with Gasteiger partial charge in [-0.1, -0.05) is 57.3 Å². The molecular weight excluding hydrogens is 322 g/mol. The number of ether oxygens (including phenoxy) is 1. The van der Waals surface area contributed by atoms with E-state index in [0.717, 1.165) is 64.2 Å². The molecule has 6 nitrogen and oxygen atoms in total. The van der Waals surface area contributed by atoms with E-state index >= 15 is 0 Å². The van der Waals surface area contributed by atoms with Gasteiger partial charge in [0.25, 0.3) is 5.09 Å². The highest BCUT2D eigenvalue weighted by Gasteiger charge is 2.01. The molecule has 6 heteroatoms. The first-order valence-electron chi connectivity index (χ1n) is 9.33. The Labute approximate surface area is 151 Å². The van der Waals surface area contributed by atoms with Gasteiger partial charge in [0.2, 0.25) is 0 Å². The minimum absolute atomic E-state index is 0.140. The summed E-state index contributed by atoms with van der Waals surface area (Å²) >= 11 is 0. The summed E-state index contributed by atoms with van der Waals surface area (Å²) in [7, 11) is 1.41. The fourth-order valence-electron chi connectivity index (χ4n) is 2.39. The number of esters is 1. The van der Waals surface area contributed by atoms with Crippen molar-refractivity contribution in [3.63, 3.8) is 0 Å². The first-order chi connectivity index (χ1) is 12.1. The largest absolute Gasteiger partial charge is 0.469 e. The predicted molar refractivity (Wildman–Crippen MR) is 98.4 cm³/mol. The Balaban J connectivity index is 3.79. The van der Waals surface area contributed by atoms with Crippen LogP contribution in [-0.4, -0.2) is 18.2 Å². The van der Waals surface area contributed by atoms with Gasteiger partial charge in [0, 0.05) is 12.8 Å². The Kier molecular flexibility index (Phi) is 15.7. The normalized spacial score (nSPS) is 11.7. The van der Waals surface area contributed by atoms with Gasteiger partial charge in [0.05, 0.1) is 7.11 Å². The van der Waals surface area contributed by atoms with Crippen LogP contribution in [0.25, 0.3) is 0 Å². The second-order valence-corrected chi connectivity index (χ2v) is 6.04. The highest BCUT2D eigenvalue weighted by Crippen LogP contribution is 2.11. The SMILES string of the molecule is CCCCC/C=C(/C/C=C/CCCCCCCC(=O)OC)O[N+](=O)[O-]. The van der Waals surface area contributed by atoms with Crippen molar-refractivity contribution in [2.75, 3.05) is 7.11 Å². The van der Waals surface area contributed by atoms with Crippen LogP contribution in [0.15, 0.2) is 24.0 Å². The van der Waals surface area contributed by atoms with Crippen LogP contribution in [0.4, 0.5) is 0 Å². The molecule has 0 bridgehead atoms. The molecule has 0 amide bonds. The fourth-order valence-corrected chi connectivity index (χ4v) is 2.39. The van der Waals surface area contributed by atoms with E-state index < -0.39 is 5.09 Å². The Morgan fingerprint density at radius 3 is 2.36 bits per heavy atom. The Morgan fingerprint density at radius 2 is 1.68 bits per heavy atom. The van der Waals surface area contributed by atoms with Gasteiger partial charge < -0.3 is 4.74 Å². The molecule has 0 radical (unpaired) electrons. The average Bonchev–Trinajstić information content (AvgIpc) is 2.59. The minimum Gasteiger partial charge on any atom is -0.469 e. The molecule has 0 unspecified atom stereocenters. The van der Waals surface area contributed by atoms with Gasteiger partial charge in [-0.05, 0) is 32.1 Å². The second-order valence-electron chi connectivity index (χ2n) is 6.04. The lowest BCUT2D eigenvalue weighted by atomic mass is 10.1. The van der Waals surface area contributed by atoms with Crippen molar-refractivity contribution in [1.29, 1.82) is 0 Å². The third-order valence-electron chi connectivity index (χ3n) is 3.84. The minimum atomic E-state index is -0.742. The van der Waals surface area contributed by atoms with Crippen molar-refractivity contribution >= 4 is 5.97 Å². The van der Waals surface area contributed by atoms with Crippen LogP contribution in [0.1, 0.15) is 84.0 Å². The Hall–Kier alpha value is -1.85. The van der Waals surface area contributed by atoms with E-state index in [1.54, 1.807) is 0 Å². The van der Waals surface area contributed by atoms with Crippen molar-refractivity contribution in [2.24, 2.45) is 0 Å². The molecule has 0 aliphatic rings. The van der Waals surface area contributed by atoms with Gasteiger partial charge in [0.15, 0.2) is 0 Å². The highest BCUT2D eigenvalue weighted by atomic mass is 17.0. The summed E-state index contributed by atoms with van der Waals surface area (Å²) in [4.78, 5) is 26.1. The van der Waals surface area contributed by atoms with Crippen LogP contribution in [0, 0.1) is 10.1 Å². The first kappa shape index (κ1) is 23.1. The van der Waals surface area contributed by atoms with Crippen molar-refractivity contribution < 1.29 is 19.5 Å². The number of hydrogen-bond acceptors (Lipinski definition) is 5. The van der Waals surface area contributed by atoms with Crippen molar-refractivity contribution in [3.8, 4) is 0 Å². The van der Waals surface area contributed by atoms with Gasteiger partial charge in [-0.3, -0.25) is 9.63 Å². The molecule has 0 atom stereocenters. The van der Waals surface area contributed by atoms with E-state index in [2.05, 4.69) is 22.6 Å². The summed E-state index contributed by atoms with van der Waals surface area (Å²) in [5.41, 5.74) is 0. The Bertz CT molecular complexity index is 418. The van der Waals surface area contributed by atoms with Gasteiger partial charge in [-0.2, -0.15) is 0 Å². The number of unbranched alkanes of at least 4 members (excludes halogenated alkanes) is 8. The summed E-state index contributed by atoms with van der Waals surface area (Å²) in [5, 5.41) is 9.77. The van der Waals surface area contributed by atoms with Crippen molar-refractivity contribution in [3.05, 3.63) is 34.1 Å². The number of allylic oxidation sites excluding steroid dienone is 3. The van der Waals surface area contributed by atoms with Crippen LogP contribution in [-0.2, 0) is 14.4 Å². The second kappa shape index (κ2) is 17.0. The zero-order valence-corrected chi connectivity index (χ0v) is 15.7. The zero-order chi connectivity index (χ0) is 18.8. The smallest absolute Gasteiger partial charge is 0.305 e. The average molecular weight is 355 g/mol. The number of carbonyl (C=O) groups is 1. The molecule has 0 aromatic carbocycles. The third-order valence-corrected chi connectivity index (χ3v) is 3.84. The van der Waals surface area contributed by atoms with Crippen LogP contribution >= 0.6 is 0 Å². The van der Waals surface area contributed by atoms with Gasteiger partial charge in [-0.15, -0.1) is 10.1 Å². The highest BCUT2D eigenvalue weighted by molar-refractivity contribution is 5.68. The van der Waals surface area contributed by atoms with Gasteiger partial charge in [0.1, 0.15) is 5.76 Å². The van der Waals surface area contributed by atoms with Gasteiger partial charge >= 0.3 is 5.97 Å². The van der Waals surface area contributed by atoms with E-state index in [0.29, 0.717) is 18.6 Å². The molecular formula is C19H33NO5. The standard InChI is InChI=1S/C19H33NO5/c1-3-4-5-12-15-18(25-20(22)23)16-13-10-8-6-7-9-11-14-17-19(21)24-2/h10,13,15H,3-9,11-12,14,16-17H2,1-2H3/b13-10+,18-15-. The molecule has 0 saturated carbocycles. The first-order valence-corrected chi connectivity index (χ1v) is 9.33. The lowest BCUT2D eigenvalue weighted by Gasteiger charge is -2.02. The molecule has 0 heterocycles. The quantitative estimate of drug-likeness (QED) is 0.0911. The topological polar surface area (TPSA) is 78.7 Å². The Morgan fingerprint density at radius 1 is 1.00 bits per heavy atom. The van der Waals surface area contributed by atoms with Crippen LogP contribution in [0.5, 0.6) is 0 Å². The van der Waals surface area contributed by atoms with Crippen molar-refractivity contribution in [2.45, 2.75) is 84.0 Å². The van der Waals surface area contributed by atoms with Crippen LogP contribution < -0.4 is 0 Å². The summed E-state index contributed by atoms with van der Waals surface area (Å²) < 4.78 is 4.60. The lowest BCUT2D eigenvalue weighted by molar-refractivity contribution is -0.743. The third kappa shape index (κ3) is 16.8. The van der Waals surface area contributed by atoms with E-state index in [4.69, 9.17) is 0 Å². The van der Waals surface area contributed by atoms with E-state index in [1.807, 2.05) is 12.2 Å².